The minimum atomic E-state index is -0.202. The van der Waals surface area contributed by atoms with Gasteiger partial charge in [-0.3, -0.25) is 4.79 Å². The molecule has 0 fully saturated rings. The van der Waals surface area contributed by atoms with Gasteiger partial charge in [-0.15, -0.1) is 0 Å². The van der Waals surface area contributed by atoms with Crippen molar-refractivity contribution in [3.8, 4) is 0 Å². The van der Waals surface area contributed by atoms with E-state index in [2.05, 4.69) is 36.5 Å². The molecular formula is C15H24N2O. The molecule has 0 aromatic heterocycles. The molecule has 1 aromatic carbocycles. The molecule has 0 aliphatic heterocycles. The average Bonchev–Trinajstić information content (AvgIpc) is 2.37. The van der Waals surface area contributed by atoms with Crippen LogP contribution in [0.25, 0.3) is 0 Å². The number of primary amides is 1. The monoisotopic (exact) mass is 248 g/mol. The van der Waals surface area contributed by atoms with E-state index in [1.165, 1.54) is 5.56 Å². The van der Waals surface area contributed by atoms with Crippen molar-refractivity contribution in [2.75, 3.05) is 6.54 Å². The fourth-order valence-electron chi connectivity index (χ4n) is 1.90. The fraction of sp³-hybridized carbons (Fsp3) is 0.533. The van der Waals surface area contributed by atoms with Crippen LogP contribution in [0, 0.1) is 0 Å². The molecule has 1 rings (SSSR count). The lowest BCUT2D eigenvalue weighted by atomic mass is 10.1. The van der Waals surface area contributed by atoms with Crippen LogP contribution in [-0.4, -0.2) is 18.5 Å². The zero-order chi connectivity index (χ0) is 13.2. The molecule has 0 bridgehead atoms. The van der Waals surface area contributed by atoms with Crippen molar-refractivity contribution in [2.45, 2.75) is 45.1 Å². The highest BCUT2D eigenvalue weighted by Gasteiger charge is 2.02. The summed E-state index contributed by atoms with van der Waals surface area (Å²) in [6, 6.07) is 11.1. The van der Waals surface area contributed by atoms with E-state index in [4.69, 9.17) is 5.73 Å². The van der Waals surface area contributed by atoms with Gasteiger partial charge in [-0.05, 0) is 44.7 Å². The van der Waals surface area contributed by atoms with E-state index in [0.717, 1.165) is 32.2 Å². The van der Waals surface area contributed by atoms with E-state index in [-0.39, 0.29) is 5.91 Å². The third-order valence-electron chi connectivity index (χ3n) is 3.05. The van der Waals surface area contributed by atoms with Crippen LogP contribution in [0.4, 0.5) is 0 Å². The second-order valence-corrected chi connectivity index (χ2v) is 4.80. The minimum Gasteiger partial charge on any atom is -0.370 e. The Balaban J connectivity index is 2.04. The standard InChI is InChI=1S/C15H24N2O/c1-13(17-12-6-5-9-15(16)18)10-11-14-7-3-2-4-8-14/h2-4,7-8,13,17H,5-6,9-12H2,1H3,(H2,16,18). The van der Waals surface area contributed by atoms with Gasteiger partial charge in [0.1, 0.15) is 0 Å². The van der Waals surface area contributed by atoms with Crippen LogP contribution in [0.2, 0.25) is 0 Å². The Morgan fingerprint density at radius 3 is 2.67 bits per heavy atom. The molecule has 1 amide bonds. The molecule has 1 atom stereocenters. The molecular weight excluding hydrogens is 224 g/mol. The van der Waals surface area contributed by atoms with E-state index in [1.807, 2.05) is 6.07 Å². The minimum absolute atomic E-state index is 0.202. The molecule has 0 aliphatic rings. The zero-order valence-corrected chi connectivity index (χ0v) is 11.2. The number of nitrogens with one attached hydrogen (secondary N) is 1. The van der Waals surface area contributed by atoms with Crippen LogP contribution in [0.15, 0.2) is 30.3 Å². The normalized spacial score (nSPS) is 12.3. The highest BCUT2D eigenvalue weighted by atomic mass is 16.1. The maximum atomic E-state index is 10.6. The number of carbonyl (C=O) groups is 1. The summed E-state index contributed by atoms with van der Waals surface area (Å²) < 4.78 is 0. The highest BCUT2D eigenvalue weighted by Crippen LogP contribution is 2.04. The summed E-state index contributed by atoms with van der Waals surface area (Å²) in [5.41, 5.74) is 6.48. The molecule has 0 heterocycles. The largest absolute Gasteiger partial charge is 0.370 e. The van der Waals surface area contributed by atoms with Crippen molar-refractivity contribution in [3.63, 3.8) is 0 Å². The second-order valence-electron chi connectivity index (χ2n) is 4.80. The van der Waals surface area contributed by atoms with Gasteiger partial charge in [0.15, 0.2) is 0 Å². The van der Waals surface area contributed by atoms with E-state index < -0.39 is 0 Å². The van der Waals surface area contributed by atoms with E-state index in [9.17, 15) is 4.79 Å². The zero-order valence-electron chi connectivity index (χ0n) is 11.2. The third kappa shape index (κ3) is 7.07. The van der Waals surface area contributed by atoms with Crippen LogP contribution < -0.4 is 11.1 Å². The molecule has 0 aliphatic carbocycles. The quantitative estimate of drug-likeness (QED) is 0.659. The Morgan fingerprint density at radius 1 is 1.28 bits per heavy atom. The number of hydrogen-bond donors (Lipinski definition) is 2. The first-order valence-corrected chi connectivity index (χ1v) is 6.74. The molecule has 3 N–H and O–H groups in total. The van der Waals surface area contributed by atoms with Crippen molar-refractivity contribution in [1.82, 2.24) is 5.32 Å². The number of benzene rings is 1. The molecule has 0 saturated heterocycles. The maximum absolute atomic E-state index is 10.6. The van der Waals surface area contributed by atoms with Crippen LogP contribution in [-0.2, 0) is 11.2 Å². The molecule has 3 heteroatoms. The van der Waals surface area contributed by atoms with Gasteiger partial charge in [0.05, 0.1) is 0 Å². The first-order valence-electron chi connectivity index (χ1n) is 6.74. The fourth-order valence-corrected chi connectivity index (χ4v) is 1.90. The first-order chi connectivity index (χ1) is 8.68. The van der Waals surface area contributed by atoms with Crippen molar-refractivity contribution in [3.05, 3.63) is 35.9 Å². The lowest BCUT2D eigenvalue weighted by Gasteiger charge is -2.13. The van der Waals surface area contributed by atoms with E-state index >= 15 is 0 Å². The van der Waals surface area contributed by atoms with Gasteiger partial charge in [0, 0.05) is 12.5 Å². The molecule has 0 radical (unpaired) electrons. The van der Waals surface area contributed by atoms with Gasteiger partial charge < -0.3 is 11.1 Å². The van der Waals surface area contributed by atoms with Crippen LogP contribution >= 0.6 is 0 Å². The van der Waals surface area contributed by atoms with E-state index in [0.29, 0.717) is 12.5 Å². The topological polar surface area (TPSA) is 55.1 Å². The Kier molecular flexibility index (Phi) is 7.11. The first kappa shape index (κ1) is 14.7. The smallest absolute Gasteiger partial charge is 0.217 e. The molecule has 1 aromatic rings. The Morgan fingerprint density at radius 2 is 2.00 bits per heavy atom. The van der Waals surface area contributed by atoms with Crippen LogP contribution in [0.5, 0.6) is 0 Å². The summed E-state index contributed by atoms with van der Waals surface area (Å²) in [6.07, 6.45) is 4.64. The predicted molar refractivity (Wildman–Crippen MR) is 75.3 cm³/mol. The highest BCUT2D eigenvalue weighted by molar-refractivity contribution is 5.73. The Bertz CT molecular complexity index is 338. The van der Waals surface area contributed by atoms with Gasteiger partial charge in [-0.1, -0.05) is 30.3 Å². The number of hydrogen-bond acceptors (Lipinski definition) is 2. The predicted octanol–water partition coefficient (Wildman–Crippen LogP) is 2.25. The summed E-state index contributed by atoms with van der Waals surface area (Å²) in [5.74, 6) is -0.202. The molecule has 18 heavy (non-hydrogen) atoms. The number of unbranched alkanes of at least 4 members (excludes halogenated alkanes) is 1. The average molecular weight is 248 g/mol. The molecule has 0 saturated carbocycles. The summed E-state index contributed by atoms with van der Waals surface area (Å²) >= 11 is 0. The number of amides is 1. The summed E-state index contributed by atoms with van der Waals surface area (Å²) in [5, 5.41) is 3.47. The van der Waals surface area contributed by atoms with Gasteiger partial charge in [0.2, 0.25) is 5.91 Å². The molecule has 1 unspecified atom stereocenters. The lowest BCUT2D eigenvalue weighted by molar-refractivity contribution is -0.118. The maximum Gasteiger partial charge on any atom is 0.217 e. The molecule has 0 spiro atoms. The molecule has 3 nitrogen and oxygen atoms in total. The summed E-state index contributed by atoms with van der Waals surface area (Å²) in [4.78, 5) is 10.6. The Labute approximate surface area is 110 Å². The van der Waals surface area contributed by atoms with Crippen molar-refractivity contribution in [2.24, 2.45) is 5.73 Å². The van der Waals surface area contributed by atoms with Gasteiger partial charge in [-0.25, -0.2) is 0 Å². The van der Waals surface area contributed by atoms with Gasteiger partial charge in [0.25, 0.3) is 0 Å². The van der Waals surface area contributed by atoms with Crippen LogP contribution in [0.1, 0.15) is 38.2 Å². The van der Waals surface area contributed by atoms with Crippen LogP contribution in [0.3, 0.4) is 0 Å². The van der Waals surface area contributed by atoms with Gasteiger partial charge in [-0.2, -0.15) is 0 Å². The molecule has 100 valence electrons. The van der Waals surface area contributed by atoms with Gasteiger partial charge >= 0.3 is 0 Å². The SMILES string of the molecule is CC(CCc1ccccc1)NCCCCC(N)=O. The van der Waals surface area contributed by atoms with Crippen molar-refractivity contribution >= 4 is 5.91 Å². The number of aryl methyl sites for hydroxylation is 1. The Hall–Kier alpha value is -1.35. The van der Waals surface area contributed by atoms with Crippen molar-refractivity contribution < 1.29 is 4.79 Å². The second kappa shape index (κ2) is 8.70. The number of nitrogens with two attached hydrogens (primary N) is 1. The van der Waals surface area contributed by atoms with E-state index in [1.54, 1.807) is 0 Å². The number of rotatable bonds is 9. The number of carbonyl (C=O) groups excluding carboxylic acids is 1. The lowest BCUT2D eigenvalue weighted by Crippen LogP contribution is -2.27. The third-order valence-corrected chi connectivity index (χ3v) is 3.05. The summed E-state index contributed by atoms with van der Waals surface area (Å²) in [6.45, 7) is 3.17. The summed E-state index contributed by atoms with van der Waals surface area (Å²) in [7, 11) is 0. The van der Waals surface area contributed by atoms with Crippen molar-refractivity contribution in [1.29, 1.82) is 0 Å².